The maximum absolute atomic E-state index is 13.0. The van der Waals surface area contributed by atoms with E-state index in [0.717, 1.165) is 17.5 Å². The second-order valence-electron chi connectivity index (χ2n) is 9.21. The number of aromatic nitrogens is 3. The standard InChI is InChI=1S/C25H26F3N5O4S.ClH/c26-25(27,28)19-4-1-3-17(13-19)16-32-7-9-33(10-8-32)38(35,36)12-2-11-37-20-5-6-21-18(14-20)15-22-23(29-21)31-24(34)30-22;/h1,3-6,13-15H,2,7-12,16H2,(H2,29,30,31,34);1H. The molecule has 3 heterocycles. The highest BCUT2D eigenvalue weighted by molar-refractivity contribution is 7.89. The molecule has 2 aromatic heterocycles. The molecule has 14 heteroatoms. The highest BCUT2D eigenvalue weighted by atomic mass is 35.5. The number of nitrogens with zero attached hydrogens (tertiary/aromatic N) is 3. The van der Waals surface area contributed by atoms with Crippen LogP contribution in [0.2, 0.25) is 0 Å². The number of ether oxygens (including phenoxy) is 1. The van der Waals surface area contributed by atoms with Gasteiger partial charge in [0.05, 0.1) is 29.0 Å². The van der Waals surface area contributed by atoms with Gasteiger partial charge in [-0.25, -0.2) is 18.2 Å². The van der Waals surface area contributed by atoms with Crippen LogP contribution in [0.25, 0.3) is 22.1 Å². The van der Waals surface area contributed by atoms with Crippen molar-refractivity contribution < 1.29 is 26.3 Å². The molecule has 1 aliphatic rings. The fourth-order valence-corrected chi connectivity index (χ4v) is 5.99. The maximum atomic E-state index is 13.0. The number of imidazole rings is 1. The van der Waals surface area contributed by atoms with E-state index < -0.39 is 21.8 Å². The van der Waals surface area contributed by atoms with Gasteiger partial charge < -0.3 is 9.72 Å². The third kappa shape index (κ3) is 6.90. The summed E-state index contributed by atoms with van der Waals surface area (Å²) in [6.07, 6.45) is -4.10. The minimum absolute atomic E-state index is 0. The molecule has 9 nitrogen and oxygen atoms in total. The van der Waals surface area contributed by atoms with Gasteiger partial charge >= 0.3 is 11.9 Å². The Bertz CT molecular complexity index is 1620. The largest absolute Gasteiger partial charge is 0.494 e. The van der Waals surface area contributed by atoms with Crippen molar-refractivity contribution in [1.82, 2.24) is 24.2 Å². The first-order valence-corrected chi connectivity index (χ1v) is 13.7. The van der Waals surface area contributed by atoms with Crippen molar-refractivity contribution in [2.24, 2.45) is 0 Å². The summed E-state index contributed by atoms with van der Waals surface area (Å²) in [7, 11) is -3.49. The first-order chi connectivity index (χ1) is 18.1. The topological polar surface area (TPSA) is 111 Å². The lowest BCUT2D eigenvalue weighted by molar-refractivity contribution is -0.137. The van der Waals surface area contributed by atoms with Crippen molar-refractivity contribution in [1.29, 1.82) is 0 Å². The van der Waals surface area contributed by atoms with Gasteiger partial charge in [-0.1, -0.05) is 18.2 Å². The zero-order valence-electron chi connectivity index (χ0n) is 20.7. The molecule has 4 aromatic rings. The van der Waals surface area contributed by atoms with E-state index in [2.05, 4.69) is 15.0 Å². The van der Waals surface area contributed by atoms with Crippen LogP contribution in [0.15, 0.2) is 53.3 Å². The molecule has 1 saturated heterocycles. The van der Waals surface area contributed by atoms with E-state index in [9.17, 15) is 26.4 Å². The van der Waals surface area contributed by atoms with Crippen LogP contribution in [0.3, 0.4) is 0 Å². The Labute approximate surface area is 228 Å². The van der Waals surface area contributed by atoms with Gasteiger partial charge in [-0.05, 0) is 42.3 Å². The maximum Gasteiger partial charge on any atom is 0.416 e. The monoisotopic (exact) mass is 585 g/mol. The van der Waals surface area contributed by atoms with Crippen molar-refractivity contribution in [2.45, 2.75) is 19.1 Å². The van der Waals surface area contributed by atoms with Crippen LogP contribution in [0.1, 0.15) is 17.5 Å². The number of rotatable bonds is 8. The first kappa shape index (κ1) is 28.9. The second kappa shape index (κ2) is 11.5. The predicted octanol–water partition coefficient (Wildman–Crippen LogP) is 3.76. The summed E-state index contributed by atoms with van der Waals surface area (Å²) in [4.78, 5) is 23.1. The zero-order chi connectivity index (χ0) is 26.9. The van der Waals surface area contributed by atoms with Crippen LogP contribution < -0.4 is 10.4 Å². The Balaban J connectivity index is 0.00000353. The second-order valence-corrected chi connectivity index (χ2v) is 11.3. The SMILES string of the molecule is Cl.O=c1[nH]c2cc3cc(OCCCS(=O)(=O)N4CCN(Cc5cccc(C(F)(F)F)c5)CC4)ccc3nc2[nH]1. The van der Waals surface area contributed by atoms with Crippen molar-refractivity contribution in [2.75, 3.05) is 38.5 Å². The Kier molecular flexibility index (Phi) is 8.54. The molecule has 0 spiro atoms. The van der Waals surface area contributed by atoms with E-state index >= 15 is 0 Å². The van der Waals surface area contributed by atoms with E-state index in [4.69, 9.17) is 4.74 Å². The number of nitrogens with one attached hydrogen (secondary N) is 2. The van der Waals surface area contributed by atoms with Crippen LogP contribution in [-0.4, -0.2) is 71.1 Å². The van der Waals surface area contributed by atoms with Crippen LogP contribution in [0, 0.1) is 0 Å². The van der Waals surface area contributed by atoms with E-state index in [1.54, 1.807) is 30.3 Å². The molecule has 2 N–H and O–H groups in total. The third-order valence-electron chi connectivity index (χ3n) is 6.47. The summed E-state index contributed by atoms with van der Waals surface area (Å²) >= 11 is 0. The summed E-state index contributed by atoms with van der Waals surface area (Å²) in [5.41, 5.74) is 1.27. The van der Waals surface area contributed by atoms with Gasteiger partial charge in [0.25, 0.3) is 0 Å². The van der Waals surface area contributed by atoms with Gasteiger partial charge in [0, 0.05) is 38.1 Å². The quantitative estimate of drug-likeness (QED) is 0.305. The molecule has 2 aromatic carbocycles. The molecule has 1 aliphatic heterocycles. The van der Waals surface area contributed by atoms with Gasteiger partial charge in [-0.2, -0.15) is 17.5 Å². The van der Waals surface area contributed by atoms with Crippen molar-refractivity contribution >= 4 is 44.5 Å². The number of piperazine rings is 1. The summed E-state index contributed by atoms with van der Waals surface area (Å²) in [6, 6.07) is 12.3. The Morgan fingerprint density at radius 1 is 1.00 bits per heavy atom. The molecule has 0 unspecified atom stereocenters. The number of aromatic amines is 2. The lowest BCUT2D eigenvalue weighted by Crippen LogP contribution is -2.48. The smallest absolute Gasteiger partial charge is 0.416 e. The van der Waals surface area contributed by atoms with Gasteiger partial charge in [0.1, 0.15) is 5.75 Å². The highest BCUT2D eigenvalue weighted by Crippen LogP contribution is 2.30. The number of H-pyrrole nitrogens is 2. The average molecular weight is 586 g/mol. The molecule has 0 amide bonds. The number of alkyl halides is 3. The molecule has 0 radical (unpaired) electrons. The minimum atomic E-state index is -4.39. The van der Waals surface area contributed by atoms with Crippen molar-refractivity contribution in [3.05, 3.63) is 70.1 Å². The number of halogens is 4. The Morgan fingerprint density at radius 2 is 1.77 bits per heavy atom. The third-order valence-corrected chi connectivity index (χ3v) is 8.42. The van der Waals surface area contributed by atoms with Crippen molar-refractivity contribution in [3.8, 4) is 5.75 Å². The zero-order valence-corrected chi connectivity index (χ0v) is 22.3. The highest BCUT2D eigenvalue weighted by Gasteiger charge is 2.31. The summed E-state index contributed by atoms with van der Waals surface area (Å²) in [5, 5.41) is 0.779. The number of pyridine rings is 1. The summed E-state index contributed by atoms with van der Waals surface area (Å²) in [6.45, 7) is 1.99. The Morgan fingerprint density at radius 3 is 2.51 bits per heavy atom. The van der Waals surface area contributed by atoms with Crippen molar-refractivity contribution in [3.63, 3.8) is 0 Å². The molecule has 5 rings (SSSR count). The Hall–Kier alpha value is -3.13. The molecule has 0 atom stereocenters. The van der Waals surface area contributed by atoms with Crippen LogP contribution in [0.4, 0.5) is 13.2 Å². The fraction of sp³-hybridized carbons (Fsp3) is 0.360. The molecule has 39 heavy (non-hydrogen) atoms. The number of fused-ring (bicyclic) bond motifs is 2. The van der Waals surface area contributed by atoms with Gasteiger partial charge in [-0.3, -0.25) is 9.88 Å². The number of sulfonamides is 1. The molecule has 210 valence electrons. The lowest BCUT2D eigenvalue weighted by atomic mass is 10.1. The lowest BCUT2D eigenvalue weighted by Gasteiger charge is -2.34. The van der Waals surface area contributed by atoms with E-state index in [1.807, 2.05) is 4.90 Å². The van der Waals surface area contributed by atoms with E-state index in [0.29, 0.717) is 54.0 Å². The van der Waals surface area contributed by atoms with E-state index in [1.165, 1.54) is 10.4 Å². The van der Waals surface area contributed by atoms with Crippen LogP contribution in [-0.2, 0) is 22.7 Å². The molecular formula is C25H27ClF3N5O4S. The summed E-state index contributed by atoms with van der Waals surface area (Å²) < 4.78 is 71.7. The molecular weight excluding hydrogens is 559 g/mol. The van der Waals surface area contributed by atoms with Gasteiger partial charge in [0.2, 0.25) is 10.0 Å². The first-order valence-electron chi connectivity index (χ1n) is 12.1. The normalized spacial score (nSPS) is 15.5. The molecule has 1 fully saturated rings. The predicted molar refractivity (Wildman–Crippen MR) is 144 cm³/mol. The average Bonchev–Trinajstić information content (AvgIpc) is 3.24. The fourth-order valence-electron chi connectivity index (χ4n) is 4.53. The molecule has 0 saturated carbocycles. The van der Waals surface area contributed by atoms with Gasteiger partial charge in [0.15, 0.2) is 5.65 Å². The van der Waals surface area contributed by atoms with Crippen LogP contribution in [0.5, 0.6) is 5.75 Å². The summed E-state index contributed by atoms with van der Waals surface area (Å²) in [5.74, 6) is 0.498. The van der Waals surface area contributed by atoms with E-state index in [-0.39, 0.29) is 43.5 Å². The molecule has 0 bridgehead atoms. The number of hydrogen-bond acceptors (Lipinski definition) is 6. The molecule has 0 aliphatic carbocycles. The van der Waals surface area contributed by atoms with Crippen LogP contribution >= 0.6 is 12.4 Å². The number of hydrogen-bond donors (Lipinski definition) is 2. The minimum Gasteiger partial charge on any atom is -0.494 e. The number of benzene rings is 2. The van der Waals surface area contributed by atoms with Gasteiger partial charge in [-0.15, -0.1) is 12.4 Å².